The monoisotopic (exact) mass is 277 g/mol. The van der Waals surface area contributed by atoms with E-state index < -0.39 is 0 Å². The van der Waals surface area contributed by atoms with Crippen LogP contribution in [0.1, 0.15) is 37.0 Å². The largest absolute Gasteiger partial charge is 0.484 e. The van der Waals surface area contributed by atoms with Gasteiger partial charge in [-0.25, -0.2) is 0 Å². The zero-order valence-corrected chi connectivity index (χ0v) is 11.3. The fraction of sp³-hybridized carbons (Fsp3) is 0.308. The van der Waals surface area contributed by atoms with E-state index in [1.165, 1.54) is 0 Å². The lowest BCUT2D eigenvalue weighted by molar-refractivity contribution is 0.242. The van der Waals surface area contributed by atoms with Crippen molar-refractivity contribution in [3.63, 3.8) is 0 Å². The molecule has 0 unspecified atom stereocenters. The summed E-state index contributed by atoms with van der Waals surface area (Å²) in [6.07, 6.45) is 0. The number of aromatic nitrogens is 2. The van der Waals surface area contributed by atoms with Crippen LogP contribution in [0.2, 0.25) is 5.02 Å². The Morgan fingerprint density at radius 1 is 1.47 bits per heavy atom. The van der Waals surface area contributed by atoms with Crippen molar-refractivity contribution in [1.82, 2.24) is 10.1 Å². The Kier molecular flexibility index (Phi) is 4.03. The van der Waals surface area contributed by atoms with Crippen molar-refractivity contribution in [2.75, 3.05) is 0 Å². The zero-order chi connectivity index (χ0) is 13.8. The Balaban J connectivity index is 2.02. The smallest absolute Gasteiger partial charge is 0.264 e. The lowest BCUT2D eigenvalue weighted by atomic mass is 10.2. The summed E-state index contributed by atoms with van der Waals surface area (Å²) in [4.78, 5) is 4.19. The molecule has 1 aromatic carbocycles. The van der Waals surface area contributed by atoms with E-state index in [9.17, 15) is 0 Å². The first-order chi connectivity index (χ1) is 9.10. The first-order valence-corrected chi connectivity index (χ1v) is 6.13. The van der Waals surface area contributed by atoms with Crippen molar-refractivity contribution in [2.24, 2.45) is 0 Å². The van der Waals surface area contributed by atoms with Gasteiger partial charge in [0.25, 0.3) is 5.89 Å². The molecule has 0 aliphatic rings. The normalized spacial score (nSPS) is 10.5. The van der Waals surface area contributed by atoms with Gasteiger partial charge in [-0.2, -0.15) is 10.2 Å². The second kappa shape index (κ2) is 5.72. The summed E-state index contributed by atoms with van der Waals surface area (Å²) < 4.78 is 10.5. The summed E-state index contributed by atoms with van der Waals surface area (Å²) in [6.45, 7) is 4.13. The van der Waals surface area contributed by atoms with E-state index in [4.69, 9.17) is 26.1 Å². The molecule has 5 nitrogen and oxygen atoms in total. The van der Waals surface area contributed by atoms with Gasteiger partial charge in [0.05, 0.1) is 10.6 Å². The Morgan fingerprint density at radius 3 is 2.84 bits per heavy atom. The highest BCUT2D eigenvalue weighted by molar-refractivity contribution is 6.31. The molecule has 0 N–H and O–H groups in total. The molecule has 0 fully saturated rings. The Bertz CT molecular complexity index is 617. The molecule has 0 bridgehead atoms. The maximum Gasteiger partial charge on any atom is 0.264 e. The van der Waals surface area contributed by atoms with Gasteiger partial charge < -0.3 is 9.26 Å². The average Bonchev–Trinajstić information content (AvgIpc) is 2.85. The third-order valence-electron chi connectivity index (χ3n) is 2.42. The summed E-state index contributed by atoms with van der Waals surface area (Å²) in [6, 6.07) is 6.84. The molecule has 0 saturated heterocycles. The first-order valence-electron chi connectivity index (χ1n) is 5.75. The van der Waals surface area contributed by atoms with Crippen molar-refractivity contribution in [2.45, 2.75) is 26.4 Å². The van der Waals surface area contributed by atoms with Crippen LogP contribution in [-0.2, 0) is 6.61 Å². The lowest BCUT2D eigenvalue weighted by Gasteiger charge is -2.03. The predicted molar refractivity (Wildman–Crippen MR) is 68.9 cm³/mol. The summed E-state index contributed by atoms with van der Waals surface area (Å²) >= 11 is 5.90. The molecular weight excluding hydrogens is 266 g/mol. The van der Waals surface area contributed by atoms with E-state index in [0.717, 1.165) is 0 Å². The molecule has 0 aliphatic heterocycles. The van der Waals surface area contributed by atoms with Gasteiger partial charge in [-0.1, -0.05) is 30.6 Å². The molecule has 0 spiro atoms. The van der Waals surface area contributed by atoms with Gasteiger partial charge >= 0.3 is 0 Å². The van der Waals surface area contributed by atoms with Crippen LogP contribution in [-0.4, -0.2) is 10.1 Å². The number of halogens is 1. The minimum absolute atomic E-state index is 0.169. The zero-order valence-electron chi connectivity index (χ0n) is 10.6. The Morgan fingerprint density at radius 2 is 2.26 bits per heavy atom. The van der Waals surface area contributed by atoms with E-state index in [-0.39, 0.29) is 12.5 Å². The second-order valence-electron chi connectivity index (χ2n) is 4.24. The number of rotatable bonds is 4. The highest BCUT2D eigenvalue weighted by Gasteiger charge is 2.10. The third-order valence-corrected chi connectivity index (χ3v) is 2.74. The van der Waals surface area contributed by atoms with Crippen LogP contribution in [0.5, 0.6) is 5.75 Å². The summed E-state index contributed by atoms with van der Waals surface area (Å²) in [7, 11) is 0. The van der Waals surface area contributed by atoms with Crippen molar-refractivity contribution in [3.05, 3.63) is 40.5 Å². The van der Waals surface area contributed by atoms with Crippen LogP contribution in [0.25, 0.3) is 0 Å². The number of ether oxygens (including phenoxy) is 1. The topological polar surface area (TPSA) is 71.9 Å². The fourth-order valence-corrected chi connectivity index (χ4v) is 1.60. The highest BCUT2D eigenvalue weighted by atomic mass is 35.5. The molecule has 6 heteroatoms. The second-order valence-corrected chi connectivity index (χ2v) is 4.65. The van der Waals surface area contributed by atoms with E-state index in [1.807, 2.05) is 19.9 Å². The Hall–Kier alpha value is -2.06. The number of hydrogen-bond acceptors (Lipinski definition) is 5. The minimum Gasteiger partial charge on any atom is -0.484 e. The van der Waals surface area contributed by atoms with Gasteiger partial charge in [-0.3, -0.25) is 0 Å². The summed E-state index contributed by atoms with van der Waals surface area (Å²) in [5.74, 6) is 1.82. The molecule has 2 aromatic rings. The molecule has 0 radical (unpaired) electrons. The molecule has 0 amide bonds. The van der Waals surface area contributed by atoms with Gasteiger partial charge in [-0.15, -0.1) is 0 Å². The van der Waals surface area contributed by atoms with Crippen LogP contribution >= 0.6 is 11.6 Å². The van der Waals surface area contributed by atoms with E-state index >= 15 is 0 Å². The number of hydrogen-bond donors (Lipinski definition) is 0. The average molecular weight is 278 g/mol. The van der Waals surface area contributed by atoms with Crippen molar-refractivity contribution in [3.8, 4) is 11.8 Å². The fourth-order valence-electron chi connectivity index (χ4n) is 1.38. The van der Waals surface area contributed by atoms with Crippen LogP contribution < -0.4 is 4.74 Å². The van der Waals surface area contributed by atoms with Crippen LogP contribution in [0, 0.1) is 11.3 Å². The Labute approximate surface area is 115 Å². The van der Waals surface area contributed by atoms with Crippen LogP contribution in [0.3, 0.4) is 0 Å². The van der Waals surface area contributed by atoms with Gasteiger partial charge in [-0.05, 0) is 12.1 Å². The maximum absolute atomic E-state index is 8.76. The summed E-state index contributed by atoms with van der Waals surface area (Å²) in [5.41, 5.74) is 0.411. The minimum atomic E-state index is 0.169. The quantitative estimate of drug-likeness (QED) is 0.857. The van der Waals surface area contributed by atoms with Gasteiger partial charge in [0.1, 0.15) is 11.8 Å². The molecule has 1 heterocycles. The molecule has 98 valence electrons. The van der Waals surface area contributed by atoms with Crippen LogP contribution in [0.4, 0.5) is 0 Å². The van der Waals surface area contributed by atoms with Gasteiger partial charge in [0.2, 0.25) is 0 Å². The molecule has 1 aromatic heterocycles. The van der Waals surface area contributed by atoms with E-state index in [0.29, 0.717) is 28.1 Å². The number of nitrogens with zero attached hydrogens (tertiary/aromatic N) is 3. The van der Waals surface area contributed by atoms with Crippen LogP contribution in [0.15, 0.2) is 22.7 Å². The molecule has 19 heavy (non-hydrogen) atoms. The maximum atomic E-state index is 8.76. The highest BCUT2D eigenvalue weighted by Crippen LogP contribution is 2.22. The predicted octanol–water partition coefficient (Wildman–Crippen LogP) is 3.30. The number of benzene rings is 1. The lowest BCUT2D eigenvalue weighted by Crippen LogP contribution is -1.97. The SMILES string of the molecule is CC(C)c1noc(COc2ccc(C#N)c(Cl)c2)n1. The first kappa shape index (κ1) is 13.4. The number of nitriles is 1. The van der Waals surface area contributed by atoms with E-state index in [1.54, 1.807) is 18.2 Å². The molecule has 0 aliphatic carbocycles. The van der Waals surface area contributed by atoms with Crippen molar-refractivity contribution in [1.29, 1.82) is 5.26 Å². The van der Waals surface area contributed by atoms with Crippen molar-refractivity contribution >= 4 is 11.6 Å². The molecule has 0 atom stereocenters. The van der Waals surface area contributed by atoms with Gasteiger partial charge in [0.15, 0.2) is 12.4 Å². The van der Waals surface area contributed by atoms with Gasteiger partial charge in [0, 0.05) is 12.0 Å². The third kappa shape index (κ3) is 3.24. The van der Waals surface area contributed by atoms with Crippen molar-refractivity contribution < 1.29 is 9.26 Å². The summed E-state index contributed by atoms with van der Waals surface area (Å²) in [5, 5.41) is 13.0. The van der Waals surface area contributed by atoms with E-state index in [2.05, 4.69) is 10.1 Å². The molecule has 2 rings (SSSR count). The molecule has 0 saturated carbocycles. The standard InChI is InChI=1S/C13H12ClN3O2/c1-8(2)13-16-12(19-17-13)7-18-10-4-3-9(6-15)11(14)5-10/h3-5,8H,7H2,1-2H3. The molecular formula is C13H12ClN3O2.